The average molecular weight is 238 g/mol. The van der Waals surface area contributed by atoms with Gasteiger partial charge in [-0.25, -0.2) is 9.67 Å². The largest absolute Gasteiger partial charge is 0.366 e. The van der Waals surface area contributed by atoms with Crippen LogP contribution in [0.25, 0.3) is 0 Å². The third-order valence-electron chi connectivity index (χ3n) is 3.64. The normalized spacial score (nSPS) is 19.4. The van der Waals surface area contributed by atoms with Gasteiger partial charge in [-0.3, -0.25) is 0 Å². The number of rotatable bonds is 5. The third kappa shape index (κ3) is 2.84. The number of ether oxygens (including phenoxy) is 1. The molecule has 0 spiro atoms. The van der Waals surface area contributed by atoms with Crippen molar-refractivity contribution < 1.29 is 4.74 Å². The molecule has 0 radical (unpaired) electrons. The maximum absolute atomic E-state index is 6.06. The number of aryl methyl sites for hydroxylation is 1. The highest BCUT2D eigenvalue weighted by atomic mass is 16.5. The summed E-state index contributed by atoms with van der Waals surface area (Å²) in [6.07, 6.45) is 7.47. The van der Waals surface area contributed by atoms with E-state index in [0.29, 0.717) is 13.2 Å². The minimum atomic E-state index is -0.122. The van der Waals surface area contributed by atoms with Gasteiger partial charge in [0.25, 0.3) is 0 Å². The summed E-state index contributed by atoms with van der Waals surface area (Å²) in [6, 6.07) is 0. The summed E-state index contributed by atoms with van der Waals surface area (Å²) in [7, 11) is 0. The lowest BCUT2D eigenvalue weighted by atomic mass is 9.85. The minimum Gasteiger partial charge on any atom is -0.366 e. The number of nitrogens with zero attached hydrogens (tertiary/aromatic N) is 3. The molecule has 5 heteroatoms. The molecule has 0 aromatic carbocycles. The molecule has 0 amide bonds. The fourth-order valence-corrected chi connectivity index (χ4v) is 2.49. The molecule has 17 heavy (non-hydrogen) atoms. The summed E-state index contributed by atoms with van der Waals surface area (Å²) in [4.78, 5) is 4.22. The fourth-order valence-electron chi connectivity index (χ4n) is 2.49. The Bertz CT molecular complexity index is 344. The summed E-state index contributed by atoms with van der Waals surface area (Å²) < 4.78 is 7.93. The van der Waals surface area contributed by atoms with Crippen LogP contribution in [0, 0.1) is 0 Å². The van der Waals surface area contributed by atoms with Gasteiger partial charge < -0.3 is 10.5 Å². The van der Waals surface area contributed by atoms with Gasteiger partial charge in [0.15, 0.2) is 5.82 Å². The van der Waals surface area contributed by atoms with E-state index in [2.05, 4.69) is 17.0 Å². The Morgan fingerprint density at radius 1 is 1.41 bits per heavy atom. The highest BCUT2D eigenvalue weighted by Gasteiger charge is 2.31. The zero-order valence-electron chi connectivity index (χ0n) is 10.6. The van der Waals surface area contributed by atoms with Crippen LogP contribution in [0.5, 0.6) is 0 Å². The summed E-state index contributed by atoms with van der Waals surface area (Å²) in [5.74, 6) is 0.894. The predicted octanol–water partition coefficient (Wildman–Crippen LogP) is 1.48. The smallest absolute Gasteiger partial charge is 0.152 e. The predicted molar refractivity (Wildman–Crippen MR) is 65.4 cm³/mol. The zero-order valence-corrected chi connectivity index (χ0v) is 10.6. The van der Waals surface area contributed by atoms with Crippen LogP contribution >= 0.6 is 0 Å². The molecule has 1 aliphatic carbocycles. The Labute approximate surface area is 102 Å². The van der Waals surface area contributed by atoms with Gasteiger partial charge in [0.05, 0.1) is 5.60 Å². The van der Waals surface area contributed by atoms with Gasteiger partial charge in [-0.05, 0) is 19.8 Å². The first-order chi connectivity index (χ1) is 8.29. The highest BCUT2D eigenvalue weighted by Crippen LogP contribution is 2.31. The second kappa shape index (κ2) is 5.60. The molecule has 0 unspecified atom stereocenters. The maximum atomic E-state index is 6.06. The van der Waals surface area contributed by atoms with E-state index < -0.39 is 0 Å². The number of nitrogens with two attached hydrogens (primary N) is 1. The van der Waals surface area contributed by atoms with Crippen molar-refractivity contribution in [1.82, 2.24) is 14.8 Å². The molecule has 1 aromatic rings. The molecule has 96 valence electrons. The number of hydrogen-bond acceptors (Lipinski definition) is 4. The molecule has 1 aromatic heterocycles. The van der Waals surface area contributed by atoms with E-state index in [9.17, 15) is 0 Å². The Hall–Kier alpha value is -0.940. The van der Waals surface area contributed by atoms with Crippen LogP contribution in [0.3, 0.4) is 0 Å². The summed E-state index contributed by atoms with van der Waals surface area (Å²) in [6.45, 7) is 4.00. The molecular formula is C12H22N4O. The maximum Gasteiger partial charge on any atom is 0.152 e. The van der Waals surface area contributed by atoms with Gasteiger partial charge in [0, 0.05) is 13.1 Å². The van der Waals surface area contributed by atoms with Crippen molar-refractivity contribution >= 4 is 0 Å². The second-order valence-corrected chi connectivity index (χ2v) is 4.73. The van der Waals surface area contributed by atoms with Crippen LogP contribution in [0.15, 0.2) is 6.33 Å². The Kier molecular flexibility index (Phi) is 4.12. The van der Waals surface area contributed by atoms with Gasteiger partial charge in [0.1, 0.15) is 12.9 Å². The van der Waals surface area contributed by atoms with E-state index in [1.165, 1.54) is 19.3 Å². The SMILES string of the molecule is CCn1ncnc1COC1(CN)CCCCC1. The molecule has 2 rings (SSSR count). The molecule has 1 saturated carbocycles. The lowest BCUT2D eigenvalue weighted by Gasteiger charge is -2.36. The van der Waals surface area contributed by atoms with Gasteiger partial charge in [-0.2, -0.15) is 5.10 Å². The third-order valence-corrected chi connectivity index (χ3v) is 3.64. The van der Waals surface area contributed by atoms with Crippen LogP contribution < -0.4 is 5.73 Å². The van der Waals surface area contributed by atoms with Gasteiger partial charge in [0.2, 0.25) is 0 Å². The summed E-state index contributed by atoms with van der Waals surface area (Å²) in [5.41, 5.74) is 5.76. The van der Waals surface area contributed by atoms with E-state index in [4.69, 9.17) is 10.5 Å². The van der Waals surface area contributed by atoms with Crippen LogP contribution in [0.2, 0.25) is 0 Å². The molecule has 1 heterocycles. The summed E-state index contributed by atoms with van der Waals surface area (Å²) in [5, 5.41) is 4.14. The Morgan fingerprint density at radius 3 is 2.82 bits per heavy atom. The molecule has 0 bridgehead atoms. The monoisotopic (exact) mass is 238 g/mol. The van der Waals surface area contributed by atoms with Crippen molar-refractivity contribution in [2.24, 2.45) is 5.73 Å². The molecule has 0 aliphatic heterocycles. The first kappa shape index (κ1) is 12.5. The van der Waals surface area contributed by atoms with E-state index in [0.717, 1.165) is 25.2 Å². The second-order valence-electron chi connectivity index (χ2n) is 4.73. The molecule has 5 nitrogen and oxygen atoms in total. The molecule has 1 fully saturated rings. The van der Waals surface area contributed by atoms with Crippen LogP contribution in [0.4, 0.5) is 0 Å². The van der Waals surface area contributed by atoms with Crippen molar-refractivity contribution in [3.05, 3.63) is 12.2 Å². The van der Waals surface area contributed by atoms with Crippen LogP contribution in [-0.2, 0) is 17.9 Å². The van der Waals surface area contributed by atoms with Crippen molar-refractivity contribution in [3.63, 3.8) is 0 Å². The van der Waals surface area contributed by atoms with Gasteiger partial charge in [-0.15, -0.1) is 0 Å². The Balaban J connectivity index is 1.95. The van der Waals surface area contributed by atoms with Crippen molar-refractivity contribution in [2.45, 2.75) is 57.8 Å². The summed E-state index contributed by atoms with van der Waals surface area (Å²) >= 11 is 0. The standard InChI is InChI=1S/C12H22N4O/c1-2-16-11(14-10-15-16)8-17-12(9-13)6-4-3-5-7-12/h10H,2-9,13H2,1H3. The van der Waals surface area contributed by atoms with Crippen LogP contribution in [0.1, 0.15) is 44.9 Å². The first-order valence-corrected chi connectivity index (χ1v) is 6.50. The van der Waals surface area contributed by atoms with E-state index >= 15 is 0 Å². The van der Waals surface area contributed by atoms with Crippen molar-refractivity contribution in [3.8, 4) is 0 Å². The quantitative estimate of drug-likeness (QED) is 0.843. The van der Waals surface area contributed by atoms with E-state index in [1.54, 1.807) is 6.33 Å². The lowest BCUT2D eigenvalue weighted by Crippen LogP contribution is -2.42. The molecule has 0 atom stereocenters. The molecule has 1 aliphatic rings. The number of hydrogen-bond donors (Lipinski definition) is 1. The van der Waals surface area contributed by atoms with E-state index in [1.807, 2.05) is 4.68 Å². The van der Waals surface area contributed by atoms with Gasteiger partial charge >= 0.3 is 0 Å². The lowest BCUT2D eigenvalue weighted by molar-refractivity contribution is -0.0766. The molecule has 0 saturated heterocycles. The van der Waals surface area contributed by atoms with Crippen molar-refractivity contribution in [2.75, 3.05) is 6.54 Å². The minimum absolute atomic E-state index is 0.122. The van der Waals surface area contributed by atoms with Crippen molar-refractivity contribution in [1.29, 1.82) is 0 Å². The topological polar surface area (TPSA) is 66.0 Å². The van der Waals surface area contributed by atoms with Crippen LogP contribution in [-0.4, -0.2) is 26.9 Å². The number of aromatic nitrogens is 3. The fraction of sp³-hybridized carbons (Fsp3) is 0.833. The highest BCUT2D eigenvalue weighted by molar-refractivity contribution is 4.88. The van der Waals surface area contributed by atoms with Gasteiger partial charge in [-0.1, -0.05) is 19.3 Å². The zero-order chi connectivity index (χ0) is 12.1. The average Bonchev–Trinajstić information content (AvgIpc) is 2.85. The Morgan fingerprint density at radius 2 is 2.18 bits per heavy atom. The molecular weight excluding hydrogens is 216 g/mol. The molecule has 2 N–H and O–H groups in total. The van der Waals surface area contributed by atoms with E-state index in [-0.39, 0.29) is 5.60 Å². The first-order valence-electron chi connectivity index (χ1n) is 6.50.